The fourth-order valence-electron chi connectivity index (χ4n) is 2.55. The molecule has 1 heterocycles. The van der Waals surface area contributed by atoms with Crippen LogP contribution in [0.5, 0.6) is 0 Å². The number of methoxy groups -OCH3 is 1. The van der Waals surface area contributed by atoms with E-state index in [0.717, 1.165) is 16.7 Å². The molecule has 0 radical (unpaired) electrons. The number of carbonyl (C=O) groups excluding carboxylic acids is 1. The molecule has 0 bridgehead atoms. The molecule has 9 heteroatoms. The van der Waals surface area contributed by atoms with Gasteiger partial charge in [-0.15, -0.1) is 5.10 Å². The Kier molecular flexibility index (Phi) is 6.53. The normalized spacial score (nSPS) is 11.6. The summed E-state index contributed by atoms with van der Waals surface area (Å²) < 4.78 is 33.1. The molecule has 3 rings (SSSR count). The average molecular weight is 412 g/mol. The van der Waals surface area contributed by atoms with Crippen LogP contribution in [0, 0.1) is 0 Å². The molecule has 8 nitrogen and oxygen atoms in total. The monoisotopic (exact) mass is 412 g/mol. The third-order valence-electron chi connectivity index (χ3n) is 3.97. The lowest BCUT2D eigenvalue weighted by Gasteiger charge is -2.07. The third-order valence-corrected chi connectivity index (χ3v) is 5.16. The van der Waals surface area contributed by atoms with Crippen molar-refractivity contribution in [2.45, 2.75) is 12.4 Å². The van der Waals surface area contributed by atoms with Crippen molar-refractivity contribution < 1.29 is 17.9 Å². The molecule has 29 heavy (non-hydrogen) atoms. The first-order valence-electron chi connectivity index (χ1n) is 8.73. The standard InChI is InChI=1S/C20H20N4O4S/c1-28-20(25)11-10-16-6-5-7-17(12-16)13-21-29(26,27)15-24-14-19(22-23-24)18-8-3-2-4-9-18/h2-12,14,21H,13,15H2,1H3/b11-10+. The van der Waals surface area contributed by atoms with Crippen molar-refractivity contribution in [1.29, 1.82) is 0 Å². The van der Waals surface area contributed by atoms with E-state index in [4.69, 9.17) is 0 Å². The number of nitrogens with one attached hydrogen (secondary N) is 1. The largest absolute Gasteiger partial charge is 0.466 e. The number of sulfonamides is 1. The quantitative estimate of drug-likeness (QED) is 0.449. The summed E-state index contributed by atoms with van der Waals surface area (Å²) >= 11 is 0. The van der Waals surface area contributed by atoms with Crippen LogP contribution >= 0.6 is 0 Å². The molecule has 0 aliphatic carbocycles. The highest BCUT2D eigenvalue weighted by molar-refractivity contribution is 7.88. The van der Waals surface area contributed by atoms with Gasteiger partial charge in [0.15, 0.2) is 5.88 Å². The van der Waals surface area contributed by atoms with E-state index < -0.39 is 16.0 Å². The van der Waals surface area contributed by atoms with E-state index in [1.54, 1.807) is 36.5 Å². The predicted octanol–water partition coefficient (Wildman–Crippen LogP) is 2.21. The van der Waals surface area contributed by atoms with Crippen LogP contribution in [0.2, 0.25) is 0 Å². The summed E-state index contributed by atoms with van der Waals surface area (Å²) in [5, 5.41) is 7.91. The summed E-state index contributed by atoms with van der Waals surface area (Å²) in [6.45, 7) is 0.114. The van der Waals surface area contributed by atoms with Gasteiger partial charge in [-0.2, -0.15) is 0 Å². The first-order valence-corrected chi connectivity index (χ1v) is 10.4. The molecule has 2 aromatic carbocycles. The summed E-state index contributed by atoms with van der Waals surface area (Å²) in [4.78, 5) is 11.2. The van der Waals surface area contributed by atoms with Gasteiger partial charge in [0.1, 0.15) is 5.69 Å². The van der Waals surface area contributed by atoms with E-state index in [-0.39, 0.29) is 12.4 Å². The zero-order chi connectivity index (χ0) is 20.7. The van der Waals surface area contributed by atoms with Crippen LogP contribution in [-0.2, 0) is 32.0 Å². The van der Waals surface area contributed by atoms with Gasteiger partial charge in [0.25, 0.3) is 0 Å². The maximum absolute atomic E-state index is 12.4. The molecule has 0 atom stereocenters. The molecule has 0 amide bonds. The van der Waals surface area contributed by atoms with Crippen molar-refractivity contribution in [3.63, 3.8) is 0 Å². The summed E-state index contributed by atoms with van der Waals surface area (Å²) in [6, 6.07) is 16.6. The highest BCUT2D eigenvalue weighted by Gasteiger charge is 2.13. The maximum Gasteiger partial charge on any atom is 0.330 e. The Bertz CT molecular complexity index is 1110. The Balaban J connectivity index is 1.61. The van der Waals surface area contributed by atoms with Crippen molar-refractivity contribution in [1.82, 2.24) is 19.7 Å². The SMILES string of the molecule is COC(=O)/C=C/c1cccc(CNS(=O)(=O)Cn2cc(-c3ccccc3)nn2)c1. The van der Waals surface area contributed by atoms with Crippen LogP contribution in [0.1, 0.15) is 11.1 Å². The van der Waals surface area contributed by atoms with E-state index >= 15 is 0 Å². The zero-order valence-corrected chi connectivity index (χ0v) is 16.5. The fourth-order valence-corrected chi connectivity index (χ4v) is 3.51. The Morgan fingerprint density at radius 3 is 2.72 bits per heavy atom. The first-order chi connectivity index (χ1) is 13.9. The van der Waals surface area contributed by atoms with Gasteiger partial charge in [0.2, 0.25) is 10.0 Å². The van der Waals surface area contributed by atoms with Gasteiger partial charge in [-0.3, -0.25) is 0 Å². The summed E-state index contributed by atoms with van der Waals surface area (Å²) in [5.41, 5.74) is 2.98. The fraction of sp³-hybridized carbons (Fsp3) is 0.150. The van der Waals surface area contributed by atoms with Crippen molar-refractivity contribution in [2.75, 3.05) is 7.11 Å². The molecule has 150 valence electrons. The molecule has 0 saturated heterocycles. The number of aromatic nitrogens is 3. The topological polar surface area (TPSA) is 103 Å². The van der Waals surface area contributed by atoms with Gasteiger partial charge in [0.05, 0.1) is 13.3 Å². The number of rotatable bonds is 8. The lowest BCUT2D eigenvalue weighted by molar-refractivity contribution is -0.134. The highest BCUT2D eigenvalue weighted by atomic mass is 32.2. The van der Waals surface area contributed by atoms with Crippen LogP contribution in [-0.4, -0.2) is 36.5 Å². The molecule has 0 fully saturated rings. The molecule has 0 spiro atoms. The van der Waals surface area contributed by atoms with E-state index in [1.807, 2.05) is 30.3 Å². The number of benzene rings is 2. The van der Waals surface area contributed by atoms with Crippen LogP contribution in [0.4, 0.5) is 0 Å². The molecule has 1 aromatic heterocycles. The van der Waals surface area contributed by atoms with Gasteiger partial charge < -0.3 is 4.74 Å². The number of ether oxygens (including phenoxy) is 1. The first kappa shape index (κ1) is 20.4. The molecule has 0 saturated carbocycles. The van der Waals surface area contributed by atoms with Crippen molar-refractivity contribution in [3.8, 4) is 11.3 Å². The van der Waals surface area contributed by atoms with Crippen LogP contribution in [0.3, 0.4) is 0 Å². The number of carbonyl (C=O) groups is 1. The predicted molar refractivity (Wildman–Crippen MR) is 109 cm³/mol. The Hall–Kier alpha value is -3.30. The summed E-state index contributed by atoms with van der Waals surface area (Å²) in [6.07, 6.45) is 4.50. The van der Waals surface area contributed by atoms with E-state index in [1.165, 1.54) is 17.9 Å². The number of hydrogen-bond acceptors (Lipinski definition) is 6. The van der Waals surface area contributed by atoms with Crippen molar-refractivity contribution in [2.24, 2.45) is 0 Å². The van der Waals surface area contributed by atoms with Gasteiger partial charge in [0, 0.05) is 18.2 Å². The van der Waals surface area contributed by atoms with Gasteiger partial charge >= 0.3 is 5.97 Å². The molecule has 0 aliphatic rings. The second-order valence-corrected chi connectivity index (χ2v) is 7.95. The van der Waals surface area contributed by atoms with E-state index in [2.05, 4.69) is 19.8 Å². The van der Waals surface area contributed by atoms with Gasteiger partial charge in [-0.1, -0.05) is 59.8 Å². The average Bonchev–Trinajstić information content (AvgIpc) is 3.19. The summed E-state index contributed by atoms with van der Waals surface area (Å²) in [5.74, 6) is -0.798. The lowest BCUT2D eigenvalue weighted by atomic mass is 10.1. The maximum atomic E-state index is 12.4. The Morgan fingerprint density at radius 2 is 1.97 bits per heavy atom. The minimum atomic E-state index is -3.63. The number of nitrogens with zero attached hydrogens (tertiary/aromatic N) is 3. The van der Waals surface area contributed by atoms with Crippen LogP contribution in [0.25, 0.3) is 17.3 Å². The molecular formula is C20H20N4O4S. The number of esters is 1. The smallest absolute Gasteiger partial charge is 0.330 e. The van der Waals surface area contributed by atoms with Crippen molar-refractivity contribution >= 4 is 22.1 Å². The lowest BCUT2D eigenvalue weighted by Crippen LogP contribution is -2.27. The molecule has 0 aliphatic heterocycles. The van der Waals surface area contributed by atoms with Gasteiger partial charge in [-0.05, 0) is 17.2 Å². The third kappa shape index (κ3) is 6.09. The van der Waals surface area contributed by atoms with Crippen LogP contribution < -0.4 is 4.72 Å². The number of hydrogen-bond donors (Lipinski definition) is 1. The molecule has 0 unspecified atom stereocenters. The Labute approximate surface area is 168 Å². The highest BCUT2D eigenvalue weighted by Crippen LogP contribution is 2.15. The molecular weight excluding hydrogens is 392 g/mol. The van der Waals surface area contributed by atoms with Crippen molar-refractivity contribution in [3.05, 3.63) is 78.0 Å². The van der Waals surface area contributed by atoms with Crippen LogP contribution in [0.15, 0.2) is 66.9 Å². The minimum absolute atomic E-state index is 0.114. The minimum Gasteiger partial charge on any atom is -0.466 e. The van der Waals surface area contributed by atoms with E-state index in [0.29, 0.717) is 5.69 Å². The zero-order valence-electron chi connectivity index (χ0n) is 15.7. The molecule has 3 aromatic rings. The molecule has 1 N–H and O–H groups in total. The Morgan fingerprint density at radius 1 is 1.17 bits per heavy atom. The van der Waals surface area contributed by atoms with E-state index in [9.17, 15) is 13.2 Å². The van der Waals surface area contributed by atoms with Gasteiger partial charge in [-0.25, -0.2) is 22.6 Å². The second-order valence-electron chi connectivity index (χ2n) is 6.18. The summed E-state index contributed by atoms with van der Waals surface area (Å²) in [7, 11) is -2.32. The second kappa shape index (κ2) is 9.26.